The van der Waals surface area contributed by atoms with Crippen LogP contribution in [0.25, 0.3) is 0 Å². The highest BCUT2D eigenvalue weighted by Crippen LogP contribution is 2.28. The first-order valence-corrected chi connectivity index (χ1v) is 9.46. The van der Waals surface area contributed by atoms with Gasteiger partial charge in [-0.2, -0.15) is 0 Å². The number of thiophene rings is 1. The van der Waals surface area contributed by atoms with E-state index in [9.17, 15) is 4.79 Å². The molecule has 2 N–H and O–H groups in total. The molecule has 6 nitrogen and oxygen atoms in total. The molecule has 0 aliphatic rings. The molecule has 1 amide bonds. The van der Waals surface area contributed by atoms with E-state index in [1.54, 1.807) is 50.0 Å². The Labute approximate surface area is 162 Å². The molecule has 0 radical (unpaired) electrons. The molecular weight excluding hydrogens is 364 g/mol. The van der Waals surface area contributed by atoms with Crippen LogP contribution in [0.3, 0.4) is 0 Å². The number of anilines is 1. The van der Waals surface area contributed by atoms with E-state index in [-0.39, 0.29) is 5.91 Å². The van der Waals surface area contributed by atoms with Crippen molar-refractivity contribution in [3.8, 4) is 11.5 Å². The van der Waals surface area contributed by atoms with Crippen LogP contribution in [0.15, 0.2) is 58.5 Å². The minimum Gasteiger partial charge on any atom is -0.497 e. The van der Waals surface area contributed by atoms with Gasteiger partial charge in [-0.1, -0.05) is 6.07 Å². The normalized spacial score (nSPS) is 11.8. The fourth-order valence-corrected chi connectivity index (χ4v) is 3.62. The molecule has 3 rings (SSSR count). The van der Waals surface area contributed by atoms with Crippen LogP contribution >= 0.6 is 11.3 Å². The molecule has 3 aromatic rings. The SMILES string of the molecule is COc1ccc(OC)c(NC(=O)C[NH+](Cc2ccco2)Cc2cccs2)c1. The average molecular weight is 387 g/mol. The lowest BCUT2D eigenvalue weighted by Crippen LogP contribution is -3.10. The molecule has 0 spiro atoms. The van der Waals surface area contributed by atoms with Crippen LogP contribution in [-0.2, 0) is 17.9 Å². The lowest BCUT2D eigenvalue weighted by Gasteiger charge is -2.18. The molecule has 142 valence electrons. The Balaban J connectivity index is 1.70. The molecule has 0 saturated heterocycles. The molecule has 0 aliphatic carbocycles. The maximum absolute atomic E-state index is 12.7. The largest absolute Gasteiger partial charge is 0.497 e. The van der Waals surface area contributed by atoms with Gasteiger partial charge in [0, 0.05) is 6.07 Å². The van der Waals surface area contributed by atoms with Crippen LogP contribution in [0, 0.1) is 0 Å². The van der Waals surface area contributed by atoms with E-state index in [4.69, 9.17) is 13.9 Å². The number of quaternary nitrogens is 1. The summed E-state index contributed by atoms with van der Waals surface area (Å²) < 4.78 is 16.0. The van der Waals surface area contributed by atoms with Gasteiger partial charge in [-0.25, -0.2) is 0 Å². The van der Waals surface area contributed by atoms with Gasteiger partial charge in [-0.3, -0.25) is 4.79 Å². The standard InChI is InChI=1S/C20H22N2O4S/c1-24-15-7-8-19(25-2)18(11-15)21-20(23)14-22(12-16-5-3-9-26-16)13-17-6-4-10-27-17/h3-11H,12-14H2,1-2H3,(H,21,23)/p+1. The second kappa shape index (κ2) is 9.25. The van der Waals surface area contributed by atoms with E-state index in [1.807, 2.05) is 23.6 Å². The molecule has 0 saturated carbocycles. The zero-order valence-electron chi connectivity index (χ0n) is 15.4. The van der Waals surface area contributed by atoms with Gasteiger partial charge in [0.2, 0.25) is 0 Å². The number of benzene rings is 1. The predicted octanol–water partition coefficient (Wildman–Crippen LogP) is 2.58. The molecule has 2 heterocycles. The first kappa shape index (κ1) is 19.0. The number of amides is 1. The Morgan fingerprint density at radius 1 is 1.15 bits per heavy atom. The van der Waals surface area contributed by atoms with Crippen molar-refractivity contribution in [1.82, 2.24) is 0 Å². The van der Waals surface area contributed by atoms with Gasteiger partial charge in [0.05, 0.1) is 31.0 Å². The van der Waals surface area contributed by atoms with Gasteiger partial charge in [0.25, 0.3) is 5.91 Å². The summed E-state index contributed by atoms with van der Waals surface area (Å²) in [6.07, 6.45) is 1.65. The molecule has 1 unspecified atom stereocenters. The van der Waals surface area contributed by atoms with Crippen molar-refractivity contribution < 1.29 is 23.6 Å². The third-order valence-corrected chi connectivity index (χ3v) is 4.98. The number of hydrogen-bond donors (Lipinski definition) is 2. The van der Waals surface area contributed by atoms with Gasteiger partial charge >= 0.3 is 0 Å². The summed E-state index contributed by atoms with van der Waals surface area (Å²) in [6, 6.07) is 13.2. The van der Waals surface area contributed by atoms with Gasteiger partial charge < -0.3 is 24.1 Å². The van der Waals surface area contributed by atoms with Crippen LogP contribution in [0.5, 0.6) is 11.5 Å². The smallest absolute Gasteiger partial charge is 0.279 e. The van der Waals surface area contributed by atoms with Crippen molar-refractivity contribution in [3.63, 3.8) is 0 Å². The van der Waals surface area contributed by atoms with E-state index < -0.39 is 0 Å². The van der Waals surface area contributed by atoms with Crippen LogP contribution in [0.4, 0.5) is 5.69 Å². The lowest BCUT2D eigenvalue weighted by atomic mass is 10.2. The van der Waals surface area contributed by atoms with Gasteiger partial charge in [0.1, 0.15) is 24.6 Å². The van der Waals surface area contributed by atoms with Crippen molar-refractivity contribution >= 4 is 22.9 Å². The van der Waals surface area contributed by atoms with Gasteiger partial charge in [-0.15, -0.1) is 11.3 Å². The van der Waals surface area contributed by atoms with Crippen LogP contribution < -0.4 is 19.7 Å². The van der Waals surface area contributed by atoms with E-state index in [0.717, 1.165) is 17.2 Å². The number of carbonyl (C=O) groups excluding carboxylic acids is 1. The molecule has 2 aromatic heterocycles. The number of rotatable bonds is 9. The summed E-state index contributed by atoms with van der Waals surface area (Å²) in [7, 11) is 3.16. The zero-order valence-corrected chi connectivity index (χ0v) is 16.2. The highest BCUT2D eigenvalue weighted by molar-refractivity contribution is 7.09. The van der Waals surface area contributed by atoms with Gasteiger partial charge in [0.15, 0.2) is 12.3 Å². The summed E-state index contributed by atoms with van der Waals surface area (Å²) in [4.78, 5) is 15.0. The fraction of sp³-hybridized carbons (Fsp3) is 0.250. The van der Waals surface area contributed by atoms with E-state index in [1.165, 1.54) is 4.88 Å². The Morgan fingerprint density at radius 3 is 2.70 bits per heavy atom. The summed E-state index contributed by atoms with van der Waals surface area (Å²) in [5, 5.41) is 4.98. The Hall–Kier alpha value is -2.77. The van der Waals surface area contributed by atoms with Crippen molar-refractivity contribution in [2.45, 2.75) is 13.1 Å². The molecule has 7 heteroatoms. The van der Waals surface area contributed by atoms with Crippen molar-refractivity contribution in [2.75, 3.05) is 26.1 Å². The molecule has 27 heavy (non-hydrogen) atoms. The molecule has 0 fully saturated rings. The molecule has 1 atom stereocenters. The van der Waals surface area contributed by atoms with E-state index in [0.29, 0.717) is 30.3 Å². The van der Waals surface area contributed by atoms with Crippen LogP contribution in [-0.4, -0.2) is 26.7 Å². The Bertz CT molecular complexity index is 811. The molecule has 1 aromatic carbocycles. The first-order chi connectivity index (χ1) is 13.2. The predicted molar refractivity (Wildman–Crippen MR) is 104 cm³/mol. The number of furan rings is 1. The minimum atomic E-state index is -0.0975. The summed E-state index contributed by atoms with van der Waals surface area (Å²) in [5.41, 5.74) is 0.593. The zero-order chi connectivity index (χ0) is 19.1. The number of hydrogen-bond acceptors (Lipinski definition) is 5. The highest BCUT2D eigenvalue weighted by Gasteiger charge is 2.19. The number of carbonyl (C=O) groups is 1. The number of methoxy groups -OCH3 is 2. The maximum Gasteiger partial charge on any atom is 0.279 e. The van der Waals surface area contributed by atoms with Crippen molar-refractivity contribution in [2.24, 2.45) is 0 Å². The fourth-order valence-electron chi connectivity index (χ4n) is 2.84. The Kier molecular flexibility index (Phi) is 6.51. The van der Waals surface area contributed by atoms with Crippen LogP contribution in [0.2, 0.25) is 0 Å². The number of ether oxygens (including phenoxy) is 2. The summed E-state index contributed by atoms with van der Waals surface area (Å²) in [5.74, 6) is 2.01. The lowest BCUT2D eigenvalue weighted by molar-refractivity contribution is -0.920. The second-order valence-electron chi connectivity index (χ2n) is 6.05. The topological polar surface area (TPSA) is 65.1 Å². The van der Waals surface area contributed by atoms with Crippen molar-refractivity contribution in [1.29, 1.82) is 0 Å². The monoisotopic (exact) mass is 387 g/mol. The highest BCUT2D eigenvalue weighted by atomic mass is 32.1. The third-order valence-electron chi connectivity index (χ3n) is 4.10. The quantitative estimate of drug-likeness (QED) is 0.592. The number of nitrogens with one attached hydrogen (secondary N) is 2. The third kappa shape index (κ3) is 5.35. The average Bonchev–Trinajstić information content (AvgIpc) is 3.35. The molecule has 0 bridgehead atoms. The summed E-state index contributed by atoms with van der Waals surface area (Å²) >= 11 is 1.69. The molecule has 0 aliphatic heterocycles. The van der Waals surface area contributed by atoms with E-state index in [2.05, 4.69) is 11.4 Å². The summed E-state index contributed by atoms with van der Waals surface area (Å²) in [6.45, 7) is 1.69. The van der Waals surface area contributed by atoms with Crippen molar-refractivity contribution in [3.05, 3.63) is 64.7 Å². The first-order valence-electron chi connectivity index (χ1n) is 8.58. The minimum absolute atomic E-state index is 0.0975. The van der Waals surface area contributed by atoms with E-state index >= 15 is 0 Å². The molecular formula is C20H23N2O4S+. The van der Waals surface area contributed by atoms with Gasteiger partial charge in [-0.05, 0) is 35.7 Å². The second-order valence-corrected chi connectivity index (χ2v) is 7.09. The maximum atomic E-state index is 12.7. The van der Waals surface area contributed by atoms with Crippen LogP contribution in [0.1, 0.15) is 10.6 Å². The Morgan fingerprint density at radius 2 is 2.04 bits per heavy atom.